The number of carbonyl (C=O) groups is 1. The highest BCUT2D eigenvalue weighted by molar-refractivity contribution is 5.76. The van der Waals surface area contributed by atoms with E-state index >= 15 is 0 Å². The summed E-state index contributed by atoms with van der Waals surface area (Å²) in [4.78, 5) is 15.6. The average molecular weight is 207 g/mol. The molecule has 1 aromatic rings. The van der Waals surface area contributed by atoms with Crippen LogP contribution in [-0.2, 0) is 11.3 Å². The Kier molecular flexibility index (Phi) is 2.75. The van der Waals surface area contributed by atoms with Crippen LogP contribution in [0.5, 0.6) is 0 Å². The van der Waals surface area contributed by atoms with Crippen molar-refractivity contribution in [2.45, 2.75) is 45.7 Å². The fourth-order valence-corrected chi connectivity index (χ4v) is 1.52. The number of hydrogen-bond acceptors (Lipinski definition) is 2. The van der Waals surface area contributed by atoms with Gasteiger partial charge in [-0.2, -0.15) is 0 Å². The molecule has 0 radical (unpaired) electrons. The molecule has 1 heterocycles. The van der Waals surface area contributed by atoms with Gasteiger partial charge in [-0.15, -0.1) is 0 Å². The molecule has 1 fully saturated rings. The van der Waals surface area contributed by atoms with Crippen molar-refractivity contribution >= 4 is 5.91 Å². The summed E-state index contributed by atoms with van der Waals surface area (Å²) in [7, 11) is 0. The summed E-state index contributed by atoms with van der Waals surface area (Å²) in [5, 5.41) is 2.98. The number of hydrogen-bond donors (Lipinski definition) is 1. The summed E-state index contributed by atoms with van der Waals surface area (Å²) in [6, 6.07) is 0.461. The molecule has 0 bridgehead atoms. The molecule has 82 valence electrons. The van der Waals surface area contributed by atoms with Crippen LogP contribution in [0.3, 0.4) is 0 Å². The first-order chi connectivity index (χ1) is 7.16. The van der Waals surface area contributed by atoms with Crippen LogP contribution in [0.1, 0.15) is 30.7 Å². The molecular weight excluding hydrogens is 190 g/mol. The van der Waals surface area contributed by atoms with Gasteiger partial charge < -0.3 is 9.88 Å². The number of amides is 1. The summed E-state index contributed by atoms with van der Waals surface area (Å²) in [5.74, 6) is 0.156. The summed E-state index contributed by atoms with van der Waals surface area (Å²) < 4.78 is 2.03. The molecule has 1 amide bonds. The Hall–Kier alpha value is -1.32. The maximum Gasteiger partial charge on any atom is 0.222 e. The number of nitrogens with zero attached hydrogens (tertiary/aromatic N) is 2. The second-order valence-electron chi connectivity index (χ2n) is 4.20. The standard InChI is InChI=1S/C11H17N3O/c1-8-9(2)14(7-12-8)6-5-11(15)13-10-3-4-10/h7,10H,3-6H2,1-2H3,(H,13,15). The van der Waals surface area contributed by atoms with Crippen LogP contribution in [0, 0.1) is 13.8 Å². The molecule has 4 nitrogen and oxygen atoms in total. The number of rotatable bonds is 4. The Morgan fingerprint density at radius 3 is 2.87 bits per heavy atom. The number of aryl methyl sites for hydroxylation is 2. The van der Waals surface area contributed by atoms with Crippen LogP contribution in [0.2, 0.25) is 0 Å². The fourth-order valence-electron chi connectivity index (χ4n) is 1.52. The van der Waals surface area contributed by atoms with Crippen molar-refractivity contribution in [3.05, 3.63) is 17.7 Å². The van der Waals surface area contributed by atoms with Gasteiger partial charge in [-0.05, 0) is 26.7 Å². The first-order valence-corrected chi connectivity index (χ1v) is 5.44. The largest absolute Gasteiger partial charge is 0.353 e. The highest BCUT2D eigenvalue weighted by Crippen LogP contribution is 2.18. The zero-order chi connectivity index (χ0) is 10.8. The van der Waals surface area contributed by atoms with E-state index in [2.05, 4.69) is 10.3 Å². The van der Waals surface area contributed by atoms with E-state index in [4.69, 9.17) is 0 Å². The minimum absolute atomic E-state index is 0.156. The molecule has 1 aliphatic carbocycles. The minimum atomic E-state index is 0.156. The molecular formula is C11H17N3O. The maximum absolute atomic E-state index is 11.4. The van der Waals surface area contributed by atoms with Gasteiger partial charge >= 0.3 is 0 Å². The van der Waals surface area contributed by atoms with Gasteiger partial charge in [0.25, 0.3) is 0 Å². The summed E-state index contributed by atoms with van der Waals surface area (Å²) in [6.45, 7) is 4.74. The molecule has 4 heteroatoms. The molecule has 0 unspecified atom stereocenters. The van der Waals surface area contributed by atoms with E-state index < -0.39 is 0 Å². The zero-order valence-electron chi connectivity index (χ0n) is 9.29. The lowest BCUT2D eigenvalue weighted by Gasteiger charge is -2.05. The van der Waals surface area contributed by atoms with Crippen LogP contribution in [0.25, 0.3) is 0 Å². The molecule has 0 atom stereocenters. The van der Waals surface area contributed by atoms with E-state index in [9.17, 15) is 4.79 Å². The lowest BCUT2D eigenvalue weighted by atomic mass is 10.3. The number of imidazole rings is 1. The zero-order valence-corrected chi connectivity index (χ0v) is 9.29. The Morgan fingerprint density at radius 1 is 1.60 bits per heavy atom. The molecule has 1 saturated carbocycles. The van der Waals surface area contributed by atoms with Crippen molar-refractivity contribution in [1.82, 2.24) is 14.9 Å². The van der Waals surface area contributed by atoms with E-state index in [1.54, 1.807) is 6.33 Å². The Morgan fingerprint density at radius 2 is 2.33 bits per heavy atom. The molecule has 0 saturated heterocycles. The first kappa shape index (κ1) is 10.2. The third kappa shape index (κ3) is 2.58. The second kappa shape index (κ2) is 4.04. The van der Waals surface area contributed by atoms with E-state index in [-0.39, 0.29) is 5.91 Å². The summed E-state index contributed by atoms with van der Waals surface area (Å²) in [5.41, 5.74) is 2.19. The van der Waals surface area contributed by atoms with E-state index in [0.717, 1.165) is 30.8 Å². The van der Waals surface area contributed by atoms with Crippen LogP contribution in [0.4, 0.5) is 0 Å². The molecule has 2 rings (SSSR count). The maximum atomic E-state index is 11.4. The minimum Gasteiger partial charge on any atom is -0.353 e. The van der Waals surface area contributed by atoms with Gasteiger partial charge in [0.1, 0.15) is 0 Å². The van der Waals surface area contributed by atoms with Gasteiger partial charge in [-0.3, -0.25) is 4.79 Å². The molecule has 1 aliphatic rings. The van der Waals surface area contributed by atoms with E-state index in [0.29, 0.717) is 12.5 Å². The van der Waals surface area contributed by atoms with Crippen molar-refractivity contribution in [3.8, 4) is 0 Å². The van der Waals surface area contributed by atoms with Gasteiger partial charge in [0.2, 0.25) is 5.91 Å². The predicted octanol–water partition coefficient (Wildman–Crippen LogP) is 1.17. The quantitative estimate of drug-likeness (QED) is 0.805. The topological polar surface area (TPSA) is 46.9 Å². The molecule has 1 N–H and O–H groups in total. The number of carbonyl (C=O) groups excluding carboxylic acids is 1. The third-order valence-corrected chi connectivity index (χ3v) is 2.87. The van der Waals surface area contributed by atoms with Crippen molar-refractivity contribution in [3.63, 3.8) is 0 Å². The van der Waals surface area contributed by atoms with Crippen molar-refractivity contribution in [2.24, 2.45) is 0 Å². The lowest BCUT2D eigenvalue weighted by molar-refractivity contribution is -0.121. The van der Waals surface area contributed by atoms with Crippen LogP contribution < -0.4 is 5.32 Å². The molecule has 0 aliphatic heterocycles. The van der Waals surface area contributed by atoms with Crippen molar-refractivity contribution in [2.75, 3.05) is 0 Å². The highest BCUT2D eigenvalue weighted by atomic mass is 16.1. The normalized spacial score (nSPS) is 15.3. The fraction of sp³-hybridized carbons (Fsp3) is 0.636. The molecule has 0 spiro atoms. The van der Waals surface area contributed by atoms with Crippen LogP contribution in [-0.4, -0.2) is 21.5 Å². The monoisotopic (exact) mass is 207 g/mol. The lowest BCUT2D eigenvalue weighted by Crippen LogP contribution is -2.26. The molecule has 1 aromatic heterocycles. The Labute approximate surface area is 89.7 Å². The predicted molar refractivity (Wildman–Crippen MR) is 57.5 cm³/mol. The Balaban J connectivity index is 1.81. The van der Waals surface area contributed by atoms with Crippen LogP contribution >= 0.6 is 0 Å². The van der Waals surface area contributed by atoms with Crippen molar-refractivity contribution < 1.29 is 4.79 Å². The van der Waals surface area contributed by atoms with Gasteiger partial charge in [0.05, 0.1) is 12.0 Å². The molecule has 0 aromatic carbocycles. The van der Waals surface area contributed by atoms with Gasteiger partial charge in [0, 0.05) is 24.7 Å². The van der Waals surface area contributed by atoms with Gasteiger partial charge in [-0.1, -0.05) is 0 Å². The van der Waals surface area contributed by atoms with E-state index in [1.807, 2.05) is 18.4 Å². The van der Waals surface area contributed by atoms with E-state index in [1.165, 1.54) is 0 Å². The third-order valence-electron chi connectivity index (χ3n) is 2.87. The number of aromatic nitrogens is 2. The van der Waals surface area contributed by atoms with Crippen LogP contribution in [0.15, 0.2) is 6.33 Å². The Bertz CT molecular complexity index is 366. The van der Waals surface area contributed by atoms with Gasteiger partial charge in [0.15, 0.2) is 0 Å². The van der Waals surface area contributed by atoms with Crippen molar-refractivity contribution in [1.29, 1.82) is 0 Å². The number of nitrogens with one attached hydrogen (secondary N) is 1. The van der Waals surface area contributed by atoms with Gasteiger partial charge in [-0.25, -0.2) is 4.98 Å². The summed E-state index contributed by atoms with van der Waals surface area (Å²) in [6.07, 6.45) is 4.64. The smallest absolute Gasteiger partial charge is 0.222 e. The molecule has 15 heavy (non-hydrogen) atoms. The SMILES string of the molecule is Cc1ncn(CCC(=O)NC2CC2)c1C. The average Bonchev–Trinajstić information content (AvgIpc) is 2.95. The first-order valence-electron chi connectivity index (χ1n) is 5.44. The second-order valence-corrected chi connectivity index (χ2v) is 4.20. The summed E-state index contributed by atoms with van der Waals surface area (Å²) >= 11 is 0. The highest BCUT2D eigenvalue weighted by Gasteiger charge is 2.22.